The third kappa shape index (κ3) is 1.97. The number of fused-ring (bicyclic) bond motifs is 2. The van der Waals surface area contributed by atoms with Gasteiger partial charge in [0.05, 0.1) is 0 Å². The summed E-state index contributed by atoms with van der Waals surface area (Å²) in [5.41, 5.74) is 5.08. The van der Waals surface area contributed by atoms with Crippen LogP contribution in [0.15, 0.2) is 0 Å². The highest BCUT2D eigenvalue weighted by Gasteiger charge is 2.39. The van der Waals surface area contributed by atoms with Crippen LogP contribution in [-0.2, 0) is 4.74 Å². The zero-order chi connectivity index (χ0) is 10.1. The molecule has 0 aromatic heterocycles. The van der Waals surface area contributed by atoms with Crippen molar-refractivity contribution in [1.29, 1.82) is 5.41 Å². The number of ether oxygens (including phenoxy) is 1. The van der Waals surface area contributed by atoms with Gasteiger partial charge < -0.3 is 15.8 Å². The first kappa shape index (κ1) is 9.71. The molecule has 4 nitrogen and oxygen atoms in total. The Balaban J connectivity index is 1.81. The molecule has 4 N–H and O–H groups in total. The molecule has 0 radical (unpaired) electrons. The number of hydrogen-bond acceptors (Lipinski definition) is 3. The fraction of sp³-hybridized carbons (Fsp3) is 0.778. The van der Waals surface area contributed by atoms with Crippen LogP contribution in [-0.4, -0.2) is 17.2 Å². The second-order valence-corrected chi connectivity index (χ2v) is 4.55. The predicted molar refractivity (Wildman–Crippen MR) is 58.0 cm³/mol. The summed E-state index contributed by atoms with van der Waals surface area (Å²) >= 11 is 4.93. The third-order valence-electron chi connectivity index (χ3n) is 3.24. The Labute approximate surface area is 88.7 Å². The number of thiocarbonyl (C=S) groups is 1. The van der Waals surface area contributed by atoms with Crippen molar-refractivity contribution >= 4 is 23.4 Å². The van der Waals surface area contributed by atoms with Gasteiger partial charge in [-0.2, -0.15) is 0 Å². The zero-order valence-corrected chi connectivity index (χ0v) is 8.77. The van der Waals surface area contributed by atoms with Gasteiger partial charge in [-0.1, -0.05) is 6.42 Å². The molecule has 2 fully saturated rings. The van der Waals surface area contributed by atoms with Gasteiger partial charge in [0.25, 0.3) is 11.2 Å². The maximum atomic E-state index is 6.93. The molecule has 78 valence electrons. The maximum absolute atomic E-state index is 6.93. The standard InChI is InChI=1S/C9H15N3OS/c10-8(11)13-9(14)12-7-4-5-1-2-6(7)3-5/h5-7H,1-4H2,(H3,10,11)(H,12,14). The van der Waals surface area contributed by atoms with E-state index in [1.165, 1.54) is 25.7 Å². The van der Waals surface area contributed by atoms with E-state index in [2.05, 4.69) is 5.32 Å². The summed E-state index contributed by atoms with van der Waals surface area (Å²) in [6, 6.07) is 0.103. The van der Waals surface area contributed by atoms with E-state index in [-0.39, 0.29) is 11.2 Å². The van der Waals surface area contributed by atoms with Crippen molar-refractivity contribution in [2.24, 2.45) is 17.6 Å². The van der Waals surface area contributed by atoms with Crippen molar-refractivity contribution < 1.29 is 4.74 Å². The van der Waals surface area contributed by atoms with E-state index in [1.807, 2.05) is 0 Å². The molecule has 2 aliphatic carbocycles. The number of amidine groups is 1. The van der Waals surface area contributed by atoms with Crippen molar-refractivity contribution in [3.8, 4) is 0 Å². The molecule has 2 aliphatic rings. The Hall–Kier alpha value is -0.840. The first-order chi connectivity index (χ1) is 6.65. The van der Waals surface area contributed by atoms with Crippen LogP contribution in [0.3, 0.4) is 0 Å². The summed E-state index contributed by atoms with van der Waals surface area (Å²) in [5.74, 6) is 1.62. The molecule has 5 heteroatoms. The molecule has 0 spiro atoms. The van der Waals surface area contributed by atoms with Crippen molar-refractivity contribution in [3.63, 3.8) is 0 Å². The molecule has 0 aromatic carbocycles. The van der Waals surface area contributed by atoms with Gasteiger partial charge >= 0.3 is 0 Å². The topological polar surface area (TPSA) is 71.1 Å². The molecule has 0 aromatic rings. The molecule has 0 amide bonds. The number of nitrogens with one attached hydrogen (secondary N) is 2. The second-order valence-electron chi connectivity index (χ2n) is 4.18. The van der Waals surface area contributed by atoms with Gasteiger partial charge in [0.1, 0.15) is 0 Å². The SMILES string of the molecule is N=C(N)OC(=S)NC1CC2CCC1C2. The van der Waals surface area contributed by atoms with E-state index in [9.17, 15) is 0 Å². The highest BCUT2D eigenvalue weighted by molar-refractivity contribution is 7.80. The van der Waals surface area contributed by atoms with Gasteiger partial charge in [-0.15, -0.1) is 0 Å². The average molecular weight is 213 g/mol. The molecule has 3 atom stereocenters. The van der Waals surface area contributed by atoms with Crippen LogP contribution < -0.4 is 11.1 Å². The molecule has 2 rings (SSSR count). The second kappa shape index (κ2) is 3.73. The lowest BCUT2D eigenvalue weighted by Gasteiger charge is -2.23. The Morgan fingerprint density at radius 3 is 2.71 bits per heavy atom. The van der Waals surface area contributed by atoms with Crippen LogP contribution in [0.5, 0.6) is 0 Å². The Morgan fingerprint density at radius 2 is 2.21 bits per heavy atom. The molecular formula is C9H15N3OS. The highest BCUT2D eigenvalue weighted by Crippen LogP contribution is 2.44. The van der Waals surface area contributed by atoms with Crippen LogP contribution >= 0.6 is 12.2 Å². The van der Waals surface area contributed by atoms with Gasteiger partial charge in [0.15, 0.2) is 0 Å². The van der Waals surface area contributed by atoms with E-state index in [1.54, 1.807) is 0 Å². The van der Waals surface area contributed by atoms with E-state index in [0.717, 1.165) is 11.8 Å². The third-order valence-corrected chi connectivity index (χ3v) is 3.45. The number of hydrogen-bond donors (Lipinski definition) is 3. The summed E-state index contributed by atoms with van der Waals surface area (Å²) in [7, 11) is 0. The molecule has 0 saturated heterocycles. The van der Waals surface area contributed by atoms with Crippen molar-refractivity contribution in [3.05, 3.63) is 0 Å². The molecule has 3 unspecified atom stereocenters. The summed E-state index contributed by atoms with van der Waals surface area (Å²) in [6.07, 6.45) is 5.17. The number of rotatable bonds is 1. The molecule has 0 heterocycles. The lowest BCUT2D eigenvalue weighted by molar-refractivity contribution is 0.371. The van der Waals surface area contributed by atoms with Gasteiger partial charge in [-0.25, -0.2) is 0 Å². The van der Waals surface area contributed by atoms with Crippen LogP contribution in [0, 0.1) is 17.2 Å². The zero-order valence-electron chi connectivity index (χ0n) is 7.95. The van der Waals surface area contributed by atoms with E-state index < -0.39 is 0 Å². The summed E-state index contributed by atoms with van der Waals surface area (Å²) < 4.78 is 4.80. The van der Waals surface area contributed by atoms with E-state index in [4.69, 9.17) is 28.1 Å². The molecular weight excluding hydrogens is 198 g/mol. The van der Waals surface area contributed by atoms with E-state index in [0.29, 0.717) is 6.04 Å². The fourth-order valence-electron chi connectivity index (χ4n) is 2.70. The van der Waals surface area contributed by atoms with Gasteiger partial charge in [0.2, 0.25) is 0 Å². The largest absolute Gasteiger partial charge is 0.399 e. The summed E-state index contributed by atoms with van der Waals surface area (Å²) in [5, 5.41) is 10.3. The molecule has 14 heavy (non-hydrogen) atoms. The van der Waals surface area contributed by atoms with Crippen LogP contribution in [0.4, 0.5) is 0 Å². The highest BCUT2D eigenvalue weighted by atomic mass is 32.1. The average Bonchev–Trinajstić information content (AvgIpc) is 2.62. The smallest absolute Gasteiger partial charge is 0.286 e. The lowest BCUT2D eigenvalue weighted by atomic mass is 9.96. The summed E-state index contributed by atoms with van der Waals surface area (Å²) in [6.45, 7) is 0. The predicted octanol–water partition coefficient (Wildman–Crippen LogP) is 0.960. The molecule has 2 bridgehead atoms. The van der Waals surface area contributed by atoms with Gasteiger partial charge in [0, 0.05) is 6.04 Å². The lowest BCUT2D eigenvalue weighted by Crippen LogP contribution is -2.40. The van der Waals surface area contributed by atoms with E-state index >= 15 is 0 Å². The molecule has 2 saturated carbocycles. The van der Waals surface area contributed by atoms with Crippen LogP contribution in [0.25, 0.3) is 0 Å². The number of nitrogens with two attached hydrogens (primary N) is 1. The first-order valence-corrected chi connectivity index (χ1v) is 5.38. The van der Waals surface area contributed by atoms with Crippen molar-refractivity contribution in [2.75, 3.05) is 0 Å². The Morgan fingerprint density at radius 1 is 1.43 bits per heavy atom. The maximum Gasteiger partial charge on any atom is 0.286 e. The minimum Gasteiger partial charge on any atom is -0.399 e. The Bertz CT molecular complexity index is 269. The fourth-order valence-corrected chi connectivity index (χ4v) is 2.94. The Kier molecular flexibility index (Phi) is 2.58. The van der Waals surface area contributed by atoms with Gasteiger partial charge in [-0.05, 0) is 43.3 Å². The monoisotopic (exact) mass is 213 g/mol. The molecule has 0 aliphatic heterocycles. The van der Waals surface area contributed by atoms with Crippen LogP contribution in [0.1, 0.15) is 25.7 Å². The minimum atomic E-state index is -0.342. The normalized spacial score (nSPS) is 34.1. The van der Waals surface area contributed by atoms with Crippen molar-refractivity contribution in [1.82, 2.24) is 5.32 Å². The summed E-state index contributed by atoms with van der Waals surface area (Å²) in [4.78, 5) is 0. The van der Waals surface area contributed by atoms with Gasteiger partial charge in [-0.3, -0.25) is 5.41 Å². The first-order valence-electron chi connectivity index (χ1n) is 4.97. The quantitative estimate of drug-likeness (QED) is 0.345. The van der Waals surface area contributed by atoms with Crippen LogP contribution in [0.2, 0.25) is 0 Å². The van der Waals surface area contributed by atoms with Crippen molar-refractivity contribution in [2.45, 2.75) is 31.7 Å². The minimum absolute atomic E-state index is 0.245.